The number of amides is 1. The number of hydrogen-bond donors (Lipinski definition) is 1. The smallest absolute Gasteiger partial charge is 0.268 e. The highest BCUT2D eigenvalue weighted by Crippen LogP contribution is 2.37. The minimum Gasteiger partial charge on any atom is -0.348 e. The Bertz CT molecular complexity index is 473. The zero-order chi connectivity index (χ0) is 13.4. The Labute approximate surface area is 122 Å². The van der Waals surface area contributed by atoms with E-state index in [1.54, 1.807) is 0 Å². The lowest BCUT2D eigenvalue weighted by atomic mass is 10.1. The molecule has 1 aliphatic carbocycles. The van der Waals surface area contributed by atoms with Gasteiger partial charge in [-0.25, -0.2) is 0 Å². The Hall–Kier alpha value is -0.810. The van der Waals surface area contributed by atoms with Gasteiger partial charge in [0, 0.05) is 22.8 Å². The van der Waals surface area contributed by atoms with Crippen molar-refractivity contribution in [3.8, 4) is 0 Å². The largest absolute Gasteiger partial charge is 0.348 e. The average Bonchev–Trinajstić information content (AvgIpc) is 3.15. The topological polar surface area (TPSA) is 37.3 Å². The predicted octanol–water partition coefficient (Wildman–Crippen LogP) is 2.41. The number of carbonyl (C=O) groups excluding carboxylic acids is 1. The first-order chi connectivity index (χ1) is 9.13. The third-order valence-corrected chi connectivity index (χ3v) is 4.48. The monoisotopic (exact) mass is 325 g/mol. The van der Waals surface area contributed by atoms with Crippen molar-refractivity contribution in [2.24, 2.45) is 0 Å². The van der Waals surface area contributed by atoms with Crippen molar-refractivity contribution in [1.29, 1.82) is 0 Å². The van der Waals surface area contributed by atoms with Crippen LogP contribution in [0.15, 0.2) is 16.7 Å². The van der Waals surface area contributed by atoms with Crippen LogP contribution in [-0.2, 0) is 0 Å². The van der Waals surface area contributed by atoms with Gasteiger partial charge < -0.3 is 14.8 Å². The Morgan fingerprint density at radius 3 is 2.63 bits per heavy atom. The summed E-state index contributed by atoms with van der Waals surface area (Å²) in [6.07, 6.45) is 6.51. The zero-order valence-corrected chi connectivity index (χ0v) is 12.8. The number of rotatable bonds is 3. The Morgan fingerprint density at radius 1 is 1.32 bits per heavy atom. The summed E-state index contributed by atoms with van der Waals surface area (Å²) in [5, 5.41) is 3.18. The molecule has 1 N–H and O–H groups in total. The van der Waals surface area contributed by atoms with E-state index in [-0.39, 0.29) is 5.91 Å². The van der Waals surface area contributed by atoms with Crippen LogP contribution in [-0.4, -0.2) is 41.6 Å². The van der Waals surface area contributed by atoms with Gasteiger partial charge in [0.1, 0.15) is 5.69 Å². The minimum atomic E-state index is 0.0761. The van der Waals surface area contributed by atoms with Gasteiger partial charge in [-0.1, -0.05) is 0 Å². The summed E-state index contributed by atoms with van der Waals surface area (Å²) in [6, 6.07) is 2.79. The summed E-state index contributed by atoms with van der Waals surface area (Å²) >= 11 is 3.47. The van der Waals surface area contributed by atoms with Crippen molar-refractivity contribution >= 4 is 21.8 Å². The fourth-order valence-electron chi connectivity index (χ4n) is 2.69. The van der Waals surface area contributed by atoms with Crippen LogP contribution in [0.2, 0.25) is 0 Å². The molecule has 1 saturated heterocycles. The SMILES string of the molecule is CN1CCC(NC(=O)c2cc(Br)cn2C2CC2)CC1. The molecule has 2 fully saturated rings. The van der Waals surface area contributed by atoms with Crippen LogP contribution >= 0.6 is 15.9 Å². The first-order valence-corrected chi connectivity index (χ1v) is 7.79. The van der Waals surface area contributed by atoms with Crippen molar-refractivity contribution < 1.29 is 4.79 Å². The van der Waals surface area contributed by atoms with Crippen molar-refractivity contribution in [3.05, 3.63) is 22.4 Å². The highest BCUT2D eigenvalue weighted by Gasteiger charge is 2.28. The molecule has 2 aliphatic rings. The third kappa shape index (κ3) is 3.03. The van der Waals surface area contributed by atoms with E-state index >= 15 is 0 Å². The molecular formula is C14H20BrN3O. The summed E-state index contributed by atoms with van der Waals surface area (Å²) in [4.78, 5) is 14.7. The number of hydrogen-bond acceptors (Lipinski definition) is 2. The molecule has 1 aliphatic heterocycles. The summed E-state index contributed by atoms with van der Waals surface area (Å²) in [5.41, 5.74) is 0.799. The van der Waals surface area contributed by atoms with E-state index in [1.807, 2.05) is 12.3 Å². The fraction of sp³-hybridized carbons (Fsp3) is 0.643. The molecular weight excluding hydrogens is 306 g/mol. The van der Waals surface area contributed by atoms with Crippen molar-refractivity contribution in [1.82, 2.24) is 14.8 Å². The number of nitrogens with zero attached hydrogens (tertiary/aromatic N) is 2. The summed E-state index contributed by atoms with van der Waals surface area (Å²) in [5.74, 6) is 0.0761. The van der Waals surface area contributed by atoms with Gasteiger partial charge in [-0.2, -0.15) is 0 Å². The van der Waals surface area contributed by atoms with Gasteiger partial charge in [0.15, 0.2) is 0 Å². The van der Waals surface area contributed by atoms with Crippen LogP contribution < -0.4 is 5.32 Å². The molecule has 19 heavy (non-hydrogen) atoms. The molecule has 4 nitrogen and oxygen atoms in total. The summed E-state index contributed by atoms with van der Waals surface area (Å²) < 4.78 is 3.11. The fourth-order valence-corrected chi connectivity index (χ4v) is 3.13. The average molecular weight is 326 g/mol. The molecule has 104 valence electrons. The molecule has 1 aromatic heterocycles. The molecule has 1 saturated carbocycles. The molecule has 0 radical (unpaired) electrons. The minimum absolute atomic E-state index is 0.0761. The first kappa shape index (κ1) is 13.2. The van der Waals surface area contributed by atoms with Crippen molar-refractivity contribution in [3.63, 3.8) is 0 Å². The number of aromatic nitrogens is 1. The lowest BCUT2D eigenvalue weighted by Crippen LogP contribution is -2.43. The van der Waals surface area contributed by atoms with Crippen molar-refractivity contribution in [2.75, 3.05) is 20.1 Å². The molecule has 0 spiro atoms. The van der Waals surface area contributed by atoms with E-state index in [0.29, 0.717) is 12.1 Å². The Balaban J connectivity index is 1.66. The molecule has 0 aromatic carbocycles. The molecule has 0 bridgehead atoms. The number of carbonyl (C=O) groups is 1. The van der Waals surface area contributed by atoms with Gasteiger partial charge >= 0.3 is 0 Å². The summed E-state index contributed by atoms with van der Waals surface area (Å²) in [6.45, 7) is 2.14. The van der Waals surface area contributed by atoms with E-state index in [4.69, 9.17) is 0 Å². The van der Waals surface area contributed by atoms with E-state index < -0.39 is 0 Å². The quantitative estimate of drug-likeness (QED) is 0.926. The molecule has 0 unspecified atom stereocenters. The van der Waals surface area contributed by atoms with E-state index in [2.05, 4.69) is 37.8 Å². The maximum Gasteiger partial charge on any atom is 0.268 e. The number of nitrogens with one attached hydrogen (secondary N) is 1. The number of piperidine rings is 1. The highest BCUT2D eigenvalue weighted by molar-refractivity contribution is 9.10. The molecule has 5 heteroatoms. The van der Waals surface area contributed by atoms with Crippen LogP contribution in [0.5, 0.6) is 0 Å². The van der Waals surface area contributed by atoms with E-state index in [0.717, 1.165) is 36.1 Å². The number of likely N-dealkylation sites (tertiary alicyclic amines) is 1. The van der Waals surface area contributed by atoms with Gasteiger partial charge in [0.25, 0.3) is 5.91 Å². The van der Waals surface area contributed by atoms with Crippen LogP contribution in [0.3, 0.4) is 0 Å². The van der Waals surface area contributed by atoms with Gasteiger partial charge in [-0.3, -0.25) is 4.79 Å². The molecule has 3 rings (SSSR count). The van der Waals surface area contributed by atoms with Crippen LogP contribution in [0, 0.1) is 0 Å². The molecule has 2 heterocycles. The molecule has 0 atom stereocenters. The zero-order valence-electron chi connectivity index (χ0n) is 11.2. The van der Waals surface area contributed by atoms with Crippen LogP contribution in [0.1, 0.15) is 42.2 Å². The second kappa shape index (κ2) is 5.29. The Morgan fingerprint density at radius 2 is 2.00 bits per heavy atom. The lowest BCUT2D eigenvalue weighted by Gasteiger charge is -2.29. The number of halogens is 1. The van der Waals surface area contributed by atoms with Crippen LogP contribution in [0.4, 0.5) is 0 Å². The lowest BCUT2D eigenvalue weighted by molar-refractivity contribution is 0.0907. The molecule has 1 aromatic rings. The first-order valence-electron chi connectivity index (χ1n) is 7.00. The van der Waals surface area contributed by atoms with Gasteiger partial charge in [0.05, 0.1) is 0 Å². The maximum atomic E-state index is 12.4. The summed E-state index contributed by atoms with van der Waals surface area (Å²) in [7, 11) is 2.13. The molecule has 1 amide bonds. The van der Waals surface area contributed by atoms with Gasteiger partial charge in [-0.15, -0.1) is 0 Å². The standard InChI is InChI=1S/C14H20BrN3O/c1-17-6-4-11(5-7-17)16-14(19)13-8-10(15)9-18(13)12-2-3-12/h8-9,11-12H,2-7H2,1H3,(H,16,19). The second-order valence-electron chi connectivity index (χ2n) is 5.73. The normalized spacial score (nSPS) is 21.6. The van der Waals surface area contributed by atoms with E-state index in [1.165, 1.54) is 12.8 Å². The highest BCUT2D eigenvalue weighted by atomic mass is 79.9. The second-order valence-corrected chi connectivity index (χ2v) is 6.65. The van der Waals surface area contributed by atoms with Crippen LogP contribution in [0.25, 0.3) is 0 Å². The third-order valence-electron chi connectivity index (χ3n) is 4.04. The maximum absolute atomic E-state index is 12.4. The van der Waals surface area contributed by atoms with E-state index in [9.17, 15) is 4.79 Å². The van der Waals surface area contributed by atoms with Gasteiger partial charge in [-0.05, 0) is 67.8 Å². The Kier molecular flexibility index (Phi) is 3.67. The predicted molar refractivity (Wildman–Crippen MR) is 78.4 cm³/mol. The van der Waals surface area contributed by atoms with Crippen molar-refractivity contribution in [2.45, 2.75) is 37.8 Å². The van der Waals surface area contributed by atoms with Gasteiger partial charge in [0.2, 0.25) is 0 Å².